The van der Waals surface area contributed by atoms with Crippen LogP contribution in [0.4, 0.5) is 0 Å². The lowest BCUT2D eigenvalue weighted by Crippen LogP contribution is -2.24. The fraction of sp³-hybridized carbons (Fsp3) is 0.421. The van der Waals surface area contributed by atoms with Crippen molar-refractivity contribution in [3.05, 3.63) is 41.5 Å². The molecule has 1 aliphatic heterocycles. The minimum absolute atomic E-state index is 0.0364. The van der Waals surface area contributed by atoms with Crippen LogP contribution in [0, 0.1) is 5.92 Å². The number of hydrogen-bond acceptors (Lipinski definition) is 6. The van der Waals surface area contributed by atoms with Crippen molar-refractivity contribution in [3.63, 3.8) is 0 Å². The standard InChI is InChI=1S/C19H24O6/c1-11-7-8-16(21)15(20)6-4-5-13-9-14(24-3)10-17(22)18(13)19(23)25-12(11)2/h4-5,7-12,15-16,20-22H,6H2,1-3H3/b5-4+,8-7-/t11-,12-,15-,16+/m0/s1. The topological polar surface area (TPSA) is 96.2 Å². The van der Waals surface area contributed by atoms with Gasteiger partial charge in [-0.25, -0.2) is 4.79 Å². The van der Waals surface area contributed by atoms with Gasteiger partial charge in [0.2, 0.25) is 0 Å². The highest BCUT2D eigenvalue weighted by atomic mass is 16.5. The summed E-state index contributed by atoms with van der Waals surface area (Å²) in [6.45, 7) is 3.56. The van der Waals surface area contributed by atoms with Crippen LogP contribution >= 0.6 is 0 Å². The molecular weight excluding hydrogens is 324 g/mol. The number of ether oxygens (including phenoxy) is 2. The zero-order chi connectivity index (χ0) is 18.6. The first kappa shape index (κ1) is 19.0. The minimum atomic E-state index is -1.02. The maximum absolute atomic E-state index is 12.5. The molecule has 0 bridgehead atoms. The van der Waals surface area contributed by atoms with Crippen LogP contribution in [0.2, 0.25) is 0 Å². The second kappa shape index (κ2) is 8.18. The Morgan fingerprint density at radius 2 is 1.92 bits per heavy atom. The lowest BCUT2D eigenvalue weighted by Gasteiger charge is -2.19. The van der Waals surface area contributed by atoms with Gasteiger partial charge in [-0.3, -0.25) is 0 Å². The molecule has 0 spiro atoms. The SMILES string of the molecule is COc1cc(O)c2c(c1)/C=C/C[C@H](O)[C@H](O)/C=C\[C@H](C)[C@H](C)OC2=O. The Bertz CT molecular complexity index is 679. The van der Waals surface area contributed by atoms with Gasteiger partial charge >= 0.3 is 5.97 Å². The van der Waals surface area contributed by atoms with Gasteiger partial charge in [-0.15, -0.1) is 0 Å². The predicted octanol–water partition coefficient (Wildman–Crippen LogP) is 2.28. The lowest BCUT2D eigenvalue weighted by atomic mass is 10.0. The number of aliphatic hydroxyl groups excluding tert-OH is 2. The van der Waals surface area contributed by atoms with Crippen LogP contribution in [0.1, 0.15) is 36.2 Å². The maximum atomic E-state index is 12.5. The van der Waals surface area contributed by atoms with Gasteiger partial charge in [0.15, 0.2) is 0 Å². The van der Waals surface area contributed by atoms with E-state index in [1.807, 2.05) is 6.92 Å². The number of phenolic OH excluding ortho intramolecular Hbond substituents is 1. The molecule has 1 heterocycles. The molecule has 0 aliphatic carbocycles. The Hall–Kier alpha value is -2.31. The molecule has 4 atom stereocenters. The van der Waals surface area contributed by atoms with Crippen molar-refractivity contribution in [1.29, 1.82) is 0 Å². The molecule has 1 aromatic carbocycles. The Morgan fingerprint density at radius 3 is 2.60 bits per heavy atom. The fourth-order valence-electron chi connectivity index (χ4n) is 2.48. The van der Waals surface area contributed by atoms with E-state index < -0.39 is 24.3 Å². The van der Waals surface area contributed by atoms with E-state index in [-0.39, 0.29) is 23.7 Å². The lowest BCUT2D eigenvalue weighted by molar-refractivity contribution is 0.0257. The summed E-state index contributed by atoms with van der Waals surface area (Å²) in [5.41, 5.74) is 0.449. The summed E-state index contributed by atoms with van der Waals surface area (Å²) < 4.78 is 10.6. The third-order valence-electron chi connectivity index (χ3n) is 4.28. The number of aromatic hydroxyl groups is 1. The molecule has 1 aliphatic rings. The van der Waals surface area contributed by atoms with Gasteiger partial charge in [-0.2, -0.15) is 0 Å². The Balaban J connectivity index is 2.49. The van der Waals surface area contributed by atoms with Gasteiger partial charge in [0.1, 0.15) is 23.2 Å². The second-order valence-electron chi connectivity index (χ2n) is 6.16. The third kappa shape index (κ3) is 4.61. The molecule has 0 amide bonds. The van der Waals surface area contributed by atoms with Gasteiger partial charge in [0, 0.05) is 12.0 Å². The second-order valence-corrected chi connectivity index (χ2v) is 6.16. The van der Waals surface area contributed by atoms with Crippen LogP contribution in [0.3, 0.4) is 0 Å². The summed E-state index contributed by atoms with van der Waals surface area (Å²) in [5, 5.41) is 30.2. The van der Waals surface area contributed by atoms with E-state index in [4.69, 9.17) is 9.47 Å². The van der Waals surface area contributed by atoms with Crippen molar-refractivity contribution in [2.24, 2.45) is 5.92 Å². The van der Waals surface area contributed by atoms with Crippen LogP contribution in [0.5, 0.6) is 11.5 Å². The van der Waals surface area contributed by atoms with Crippen LogP contribution in [0.25, 0.3) is 6.08 Å². The fourth-order valence-corrected chi connectivity index (χ4v) is 2.48. The highest BCUT2D eigenvalue weighted by Crippen LogP contribution is 2.30. The molecule has 1 aromatic rings. The summed E-state index contributed by atoms with van der Waals surface area (Å²) in [5.74, 6) is -0.673. The van der Waals surface area contributed by atoms with Crippen LogP contribution < -0.4 is 4.74 Å². The van der Waals surface area contributed by atoms with Crippen molar-refractivity contribution in [2.75, 3.05) is 7.11 Å². The van der Waals surface area contributed by atoms with Gasteiger partial charge < -0.3 is 24.8 Å². The average molecular weight is 348 g/mol. The number of phenols is 1. The number of benzene rings is 1. The number of aliphatic hydroxyl groups is 2. The van der Waals surface area contributed by atoms with Crippen LogP contribution in [-0.2, 0) is 4.74 Å². The highest BCUT2D eigenvalue weighted by Gasteiger charge is 2.23. The van der Waals surface area contributed by atoms with Crippen molar-refractivity contribution in [2.45, 2.75) is 38.6 Å². The molecule has 0 saturated carbocycles. The minimum Gasteiger partial charge on any atom is -0.507 e. The number of cyclic esters (lactones) is 1. The summed E-state index contributed by atoms with van der Waals surface area (Å²) in [4.78, 5) is 12.5. The number of hydrogen-bond donors (Lipinski definition) is 3. The molecule has 3 N–H and O–H groups in total. The average Bonchev–Trinajstić information content (AvgIpc) is 2.57. The van der Waals surface area contributed by atoms with E-state index in [1.165, 1.54) is 19.3 Å². The van der Waals surface area contributed by atoms with Crippen LogP contribution in [-0.4, -0.2) is 46.7 Å². The summed E-state index contributed by atoms with van der Waals surface area (Å²) in [6, 6.07) is 2.94. The largest absolute Gasteiger partial charge is 0.507 e. The first-order valence-corrected chi connectivity index (χ1v) is 8.16. The van der Waals surface area contributed by atoms with Crippen molar-refractivity contribution in [1.82, 2.24) is 0 Å². The molecule has 0 saturated heterocycles. The van der Waals surface area contributed by atoms with Gasteiger partial charge in [-0.05, 0) is 25.0 Å². The Labute approximate surface area is 147 Å². The molecule has 6 heteroatoms. The van der Waals surface area contributed by atoms with Gasteiger partial charge in [0.25, 0.3) is 0 Å². The van der Waals surface area contributed by atoms with E-state index in [1.54, 1.807) is 31.2 Å². The zero-order valence-corrected chi connectivity index (χ0v) is 14.5. The molecular formula is C19H24O6. The van der Waals surface area contributed by atoms with Gasteiger partial charge in [0.05, 0.1) is 19.3 Å². The molecule has 0 radical (unpaired) electrons. The number of carbonyl (C=O) groups excluding carboxylic acids is 1. The number of carbonyl (C=O) groups is 1. The zero-order valence-electron chi connectivity index (χ0n) is 14.5. The molecule has 0 fully saturated rings. The smallest absolute Gasteiger partial charge is 0.342 e. The highest BCUT2D eigenvalue weighted by molar-refractivity contribution is 5.97. The first-order chi connectivity index (χ1) is 11.8. The van der Waals surface area contributed by atoms with Crippen molar-refractivity contribution in [3.8, 4) is 11.5 Å². The number of esters is 1. The van der Waals surface area contributed by atoms with Crippen LogP contribution in [0.15, 0.2) is 30.4 Å². The van der Waals surface area contributed by atoms with E-state index in [9.17, 15) is 20.1 Å². The number of rotatable bonds is 1. The monoisotopic (exact) mass is 348 g/mol. The van der Waals surface area contributed by atoms with E-state index in [0.29, 0.717) is 11.3 Å². The van der Waals surface area contributed by atoms with Crippen molar-refractivity contribution >= 4 is 12.0 Å². The molecule has 0 unspecified atom stereocenters. The summed E-state index contributed by atoms with van der Waals surface area (Å²) >= 11 is 0. The predicted molar refractivity (Wildman–Crippen MR) is 93.5 cm³/mol. The Kier molecular flexibility index (Phi) is 6.22. The summed E-state index contributed by atoms with van der Waals surface area (Å²) in [7, 11) is 1.46. The van der Waals surface area contributed by atoms with Crippen molar-refractivity contribution < 1.29 is 29.6 Å². The molecule has 25 heavy (non-hydrogen) atoms. The number of fused-ring (bicyclic) bond motifs is 1. The van der Waals surface area contributed by atoms with E-state index in [2.05, 4.69) is 0 Å². The first-order valence-electron chi connectivity index (χ1n) is 8.16. The molecule has 6 nitrogen and oxygen atoms in total. The van der Waals surface area contributed by atoms with E-state index >= 15 is 0 Å². The van der Waals surface area contributed by atoms with E-state index in [0.717, 1.165) is 0 Å². The maximum Gasteiger partial charge on any atom is 0.342 e. The summed E-state index contributed by atoms with van der Waals surface area (Å²) in [6.07, 6.45) is 4.11. The molecule has 0 aromatic heterocycles. The quantitative estimate of drug-likeness (QED) is 0.532. The third-order valence-corrected chi connectivity index (χ3v) is 4.28. The normalized spacial score (nSPS) is 30.0. The Morgan fingerprint density at radius 1 is 1.20 bits per heavy atom. The molecule has 2 rings (SSSR count). The number of methoxy groups -OCH3 is 1. The van der Waals surface area contributed by atoms with Gasteiger partial charge in [-0.1, -0.05) is 31.2 Å². The molecule has 136 valence electrons.